The summed E-state index contributed by atoms with van der Waals surface area (Å²) in [5.41, 5.74) is 7.42. The van der Waals surface area contributed by atoms with E-state index >= 15 is 0 Å². The number of rotatable bonds is 13. The SMILES string of the molecule is [B]C([B])(Cl)C([B])([B])N(c1ccc(C[C@H](N)C(=O)N[C@@H](Cc2ccc(F)cc2)C(=O)OCC)cc1)C([B])([B])C([B])([B])Cl. The number of benzene rings is 2. The maximum Gasteiger partial charge on any atom is 0.328 e. The van der Waals surface area contributed by atoms with Gasteiger partial charge in [-0.05, 0) is 68.8 Å². The van der Waals surface area contributed by atoms with Crippen LogP contribution in [0, 0.1) is 5.82 Å². The summed E-state index contributed by atoms with van der Waals surface area (Å²) in [7, 11) is 47.6. The van der Waals surface area contributed by atoms with E-state index in [2.05, 4.69) is 5.32 Å². The topological polar surface area (TPSA) is 84.7 Å². The van der Waals surface area contributed by atoms with Crippen LogP contribution in [-0.4, -0.2) is 113 Å². The molecule has 0 fully saturated rings. The number of amides is 1. The third kappa shape index (κ3) is 8.84. The molecular formula is C24H22B8Cl2FN3O3. The molecule has 0 aliphatic heterocycles. The first kappa shape index (κ1) is 35.4. The highest BCUT2D eigenvalue weighted by molar-refractivity contribution is 6.73. The van der Waals surface area contributed by atoms with Crippen LogP contribution in [0.15, 0.2) is 48.5 Å². The summed E-state index contributed by atoms with van der Waals surface area (Å²) in [5, 5.41) is -2.10. The molecule has 0 aliphatic rings. The Labute approximate surface area is 261 Å². The van der Waals surface area contributed by atoms with Crippen molar-refractivity contribution < 1.29 is 18.7 Å². The van der Waals surface area contributed by atoms with E-state index in [1.54, 1.807) is 19.1 Å². The molecule has 2 aromatic rings. The minimum atomic E-state index is -2.35. The first-order chi connectivity index (χ1) is 18.7. The summed E-state index contributed by atoms with van der Waals surface area (Å²) in [6.07, 6.45) is 0.0993. The summed E-state index contributed by atoms with van der Waals surface area (Å²) < 4.78 is 13.7. The van der Waals surface area contributed by atoms with Crippen molar-refractivity contribution in [3.63, 3.8) is 0 Å². The number of alkyl halides is 2. The minimum Gasteiger partial charge on any atom is -0.464 e. The molecule has 2 atom stereocenters. The number of halogens is 3. The predicted molar refractivity (Wildman–Crippen MR) is 168 cm³/mol. The minimum absolute atomic E-state index is 0.0332. The molecule has 41 heavy (non-hydrogen) atoms. The Morgan fingerprint density at radius 2 is 1.32 bits per heavy atom. The van der Waals surface area contributed by atoms with Crippen LogP contribution in [-0.2, 0) is 27.2 Å². The lowest BCUT2D eigenvalue weighted by Crippen LogP contribution is -2.76. The van der Waals surface area contributed by atoms with Gasteiger partial charge in [0.05, 0.1) is 75.4 Å². The molecule has 2 rings (SSSR count). The van der Waals surface area contributed by atoms with Crippen molar-refractivity contribution >= 4 is 104 Å². The predicted octanol–water partition coefficient (Wildman–Crippen LogP) is -0.767. The first-order valence-corrected chi connectivity index (χ1v) is 13.0. The van der Waals surface area contributed by atoms with Crippen molar-refractivity contribution in [1.82, 2.24) is 5.32 Å². The van der Waals surface area contributed by atoms with E-state index < -0.39 is 49.8 Å². The number of anilines is 1. The van der Waals surface area contributed by atoms with Gasteiger partial charge in [-0.1, -0.05) is 24.3 Å². The van der Waals surface area contributed by atoms with Crippen LogP contribution >= 0.6 is 23.2 Å². The van der Waals surface area contributed by atoms with E-state index in [1.165, 1.54) is 36.4 Å². The van der Waals surface area contributed by atoms with Crippen molar-refractivity contribution in [3.05, 3.63) is 65.5 Å². The fourth-order valence-corrected chi connectivity index (χ4v) is 3.94. The van der Waals surface area contributed by atoms with E-state index in [0.717, 1.165) is 4.90 Å². The largest absolute Gasteiger partial charge is 0.464 e. The molecule has 0 saturated heterocycles. The molecule has 6 nitrogen and oxygen atoms in total. The molecule has 1 amide bonds. The van der Waals surface area contributed by atoms with Crippen molar-refractivity contribution in [2.75, 3.05) is 11.5 Å². The Hall–Kier alpha value is -1.83. The molecule has 17 heteroatoms. The summed E-state index contributed by atoms with van der Waals surface area (Å²) in [6.45, 7) is 1.73. The van der Waals surface area contributed by atoms with Crippen LogP contribution in [0.2, 0.25) is 0 Å². The molecule has 0 unspecified atom stereocenters. The highest BCUT2D eigenvalue weighted by Gasteiger charge is 2.48. The molecule has 0 aromatic heterocycles. The molecule has 0 bridgehead atoms. The lowest BCUT2D eigenvalue weighted by atomic mass is 9.36. The Morgan fingerprint density at radius 3 is 1.76 bits per heavy atom. The van der Waals surface area contributed by atoms with Crippen LogP contribution < -0.4 is 16.0 Å². The average molecular weight is 577 g/mol. The summed E-state index contributed by atoms with van der Waals surface area (Å²) >= 11 is 12.0. The fraction of sp³-hybridized carbons (Fsp3) is 0.417. The number of hydrogen-bond donors (Lipinski definition) is 2. The van der Waals surface area contributed by atoms with Gasteiger partial charge < -0.3 is 20.7 Å². The molecule has 196 valence electrons. The van der Waals surface area contributed by atoms with Crippen LogP contribution in [0.4, 0.5) is 10.1 Å². The highest BCUT2D eigenvalue weighted by atomic mass is 35.5. The number of nitrogens with two attached hydrogens (primary N) is 1. The van der Waals surface area contributed by atoms with Gasteiger partial charge in [-0.15, -0.1) is 23.2 Å². The van der Waals surface area contributed by atoms with E-state index in [4.69, 9.17) is 96.4 Å². The van der Waals surface area contributed by atoms with Gasteiger partial charge in [-0.3, -0.25) is 4.79 Å². The molecule has 2 aromatic carbocycles. The zero-order chi connectivity index (χ0) is 31.4. The second-order valence-corrected chi connectivity index (χ2v) is 10.9. The average Bonchev–Trinajstić information content (AvgIpc) is 2.84. The van der Waals surface area contributed by atoms with Gasteiger partial charge in [0.2, 0.25) is 5.91 Å². The number of ether oxygens (including phenoxy) is 1. The number of nitrogens with zero attached hydrogens (tertiary/aromatic N) is 1. The van der Waals surface area contributed by atoms with Crippen LogP contribution in [0.3, 0.4) is 0 Å². The summed E-state index contributed by atoms with van der Waals surface area (Å²) in [5.74, 6) is -1.72. The second-order valence-electron chi connectivity index (χ2n) is 9.64. The van der Waals surface area contributed by atoms with Gasteiger partial charge in [-0.2, -0.15) is 0 Å². The number of hydrogen-bond acceptors (Lipinski definition) is 5. The van der Waals surface area contributed by atoms with Crippen molar-refractivity contribution in [1.29, 1.82) is 0 Å². The van der Waals surface area contributed by atoms with Gasteiger partial charge in [0.1, 0.15) is 11.9 Å². The second kappa shape index (κ2) is 13.6. The molecule has 16 radical (unpaired) electrons. The maximum atomic E-state index is 13.3. The third-order valence-electron chi connectivity index (χ3n) is 6.20. The van der Waals surface area contributed by atoms with Crippen molar-refractivity contribution in [2.45, 2.75) is 51.9 Å². The lowest BCUT2D eigenvalue weighted by Gasteiger charge is -2.61. The number of esters is 1. The van der Waals surface area contributed by atoms with Crippen molar-refractivity contribution in [3.8, 4) is 0 Å². The fourth-order valence-electron chi connectivity index (χ4n) is 3.77. The molecule has 0 spiro atoms. The maximum absolute atomic E-state index is 13.3. The lowest BCUT2D eigenvalue weighted by molar-refractivity contribution is -0.147. The van der Waals surface area contributed by atoms with Crippen LogP contribution in [0.1, 0.15) is 18.1 Å². The van der Waals surface area contributed by atoms with E-state index in [1.807, 2.05) is 0 Å². The smallest absolute Gasteiger partial charge is 0.328 e. The molecule has 0 saturated carbocycles. The molecule has 3 N–H and O–H groups in total. The summed E-state index contributed by atoms with van der Waals surface area (Å²) in [6, 6.07) is 9.36. The first-order valence-electron chi connectivity index (χ1n) is 12.3. The van der Waals surface area contributed by atoms with Gasteiger partial charge in [0.15, 0.2) is 0 Å². The zero-order valence-corrected chi connectivity index (χ0v) is 23.9. The normalized spacial score (nSPS) is 14.1. The van der Waals surface area contributed by atoms with Crippen LogP contribution in [0.5, 0.6) is 0 Å². The highest BCUT2D eigenvalue weighted by Crippen LogP contribution is 2.38. The number of nitrogens with one attached hydrogen (secondary N) is 1. The monoisotopic (exact) mass is 577 g/mol. The van der Waals surface area contributed by atoms with E-state index in [9.17, 15) is 14.0 Å². The van der Waals surface area contributed by atoms with Gasteiger partial charge in [0.25, 0.3) is 0 Å². The van der Waals surface area contributed by atoms with Gasteiger partial charge >= 0.3 is 5.97 Å². The Balaban J connectivity index is 2.25. The molecule has 0 heterocycles. The van der Waals surface area contributed by atoms with E-state index in [-0.39, 0.29) is 25.1 Å². The summed E-state index contributed by atoms with van der Waals surface area (Å²) in [4.78, 5) is 26.3. The quantitative estimate of drug-likeness (QED) is 0.186. The third-order valence-corrected chi connectivity index (χ3v) is 6.80. The van der Waals surface area contributed by atoms with Gasteiger partial charge in [-0.25, -0.2) is 9.18 Å². The molecule has 0 aliphatic carbocycles. The van der Waals surface area contributed by atoms with E-state index in [0.29, 0.717) is 11.1 Å². The Bertz CT molecular complexity index is 1170. The Morgan fingerprint density at radius 1 is 0.878 bits per heavy atom. The zero-order valence-electron chi connectivity index (χ0n) is 22.4. The van der Waals surface area contributed by atoms with Crippen molar-refractivity contribution in [2.24, 2.45) is 5.73 Å². The number of carbonyl (C=O) groups excluding carboxylic acids is 2. The Kier molecular flexibility index (Phi) is 11.8. The van der Waals surface area contributed by atoms with Gasteiger partial charge in [0, 0.05) is 12.1 Å². The number of carbonyl (C=O) groups is 2. The standard InChI is InChI=1S/C24H22B8Cl2FN3O3/c1-2-41-20(40)18(12-14-3-7-15(35)8-4-14)37-19(39)17(36)11-13-5-9-16(10-6-13)38(23(29,30)21(25,26)33)24(31,32)22(27,28)34/h3-10,17-18H,2,11-12,36H2,1H3,(H,37,39)/t17-,18-/m0/s1. The van der Waals surface area contributed by atoms with Crippen LogP contribution in [0.25, 0.3) is 0 Å². The molecular weight excluding hydrogens is 555 g/mol.